The van der Waals surface area contributed by atoms with Gasteiger partial charge in [0.15, 0.2) is 6.10 Å². The number of aryl methyl sites for hydroxylation is 1. The molecule has 1 unspecified atom stereocenters. The molecule has 0 saturated carbocycles. The lowest BCUT2D eigenvalue weighted by atomic mass is 10.1. The van der Waals surface area contributed by atoms with Crippen molar-refractivity contribution in [3.63, 3.8) is 0 Å². The van der Waals surface area contributed by atoms with Crippen molar-refractivity contribution in [1.82, 2.24) is 9.62 Å². The van der Waals surface area contributed by atoms with Gasteiger partial charge in [-0.3, -0.25) is 9.10 Å². The Labute approximate surface area is 222 Å². The van der Waals surface area contributed by atoms with Crippen LogP contribution in [-0.4, -0.2) is 66.9 Å². The van der Waals surface area contributed by atoms with E-state index in [9.17, 15) is 21.6 Å². The Bertz CT molecular complexity index is 1510. The van der Waals surface area contributed by atoms with Crippen molar-refractivity contribution in [2.24, 2.45) is 0 Å². The first-order chi connectivity index (χ1) is 18.0. The topological polar surface area (TPSA) is 122 Å². The molecular formula is C26H29N3O7S2. The van der Waals surface area contributed by atoms with Crippen molar-refractivity contribution < 1.29 is 31.1 Å². The lowest BCUT2D eigenvalue weighted by molar-refractivity contribution is -0.127. The molecule has 4 rings (SSSR count). The third kappa shape index (κ3) is 5.77. The van der Waals surface area contributed by atoms with Gasteiger partial charge in [0.05, 0.1) is 28.6 Å². The molecule has 1 aliphatic rings. The van der Waals surface area contributed by atoms with Crippen LogP contribution in [0.1, 0.15) is 5.56 Å². The van der Waals surface area contributed by atoms with E-state index in [-0.39, 0.29) is 29.5 Å². The monoisotopic (exact) mass is 559 g/mol. The number of rotatable bonds is 9. The SMILES string of the molecule is Cc1ccc2c(c1)OC(C(=O)NCCOc1ccc(S(=O)(=O)N(C)C)cc1)CN2S(=O)(=O)c1ccccc1. The number of ether oxygens (including phenoxy) is 2. The van der Waals surface area contributed by atoms with Gasteiger partial charge in [-0.1, -0.05) is 24.3 Å². The van der Waals surface area contributed by atoms with Gasteiger partial charge >= 0.3 is 0 Å². The van der Waals surface area contributed by atoms with Crippen molar-refractivity contribution in [1.29, 1.82) is 0 Å². The highest BCUT2D eigenvalue weighted by molar-refractivity contribution is 7.92. The summed E-state index contributed by atoms with van der Waals surface area (Å²) < 4.78 is 65.0. The molecule has 3 aromatic carbocycles. The standard InChI is InChI=1S/C26H29N3O7S2/c1-19-9-14-23-24(17-19)36-25(18-29(23)38(33,34)21-7-5-4-6-8-21)26(30)27-15-16-35-20-10-12-22(13-11-20)37(31,32)28(2)3/h4-14,17,25H,15-16,18H2,1-3H3,(H,27,30). The zero-order chi connectivity index (χ0) is 27.5. The molecule has 0 spiro atoms. The summed E-state index contributed by atoms with van der Waals surface area (Å²) in [5.41, 5.74) is 1.23. The van der Waals surface area contributed by atoms with E-state index in [2.05, 4.69) is 5.32 Å². The quantitative estimate of drug-likeness (QED) is 0.400. The summed E-state index contributed by atoms with van der Waals surface area (Å²) in [5, 5.41) is 2.72. The normalized spacial score (nSPS) is 15.5. The third-order valence-electron chi connectivity index (χ3n) is 5.88. The molecule has 0 aliphatic carbocycles. The maximum atomic E-state index is 13.4. The Balaban J connectivity index is 1.41. The van der Waals surface area contributed by atoms with Crippen molar-refractivity contribution in [3.05, 3.63) is 78.4 Å². The van der Waals surface area contributed by atoms with Gasteiger partial charge in [-0.05, 0) is 61.0 Å². The Kier molecular flexibility index (Phi) is 7.95. The van der Waals surface area contributed by atoms with E-state index < -0.39 is 32.1 Å². The molecule has 0 saturated heterocycles. The Hall–Kier alpha value is -3.61. The lowest BCUT2D eigenvalue weighted by Crippen LogP contribution is -2.51. The van der Waals surface area contributed by atoms with Gasteiger partial charge in [-0.25, -0.2) is 21.1 Å². The summed E-state index contributed by atoms with van der Waals surface area (Å²) in [6, 6.07) is 19.1. The van der Waals surface area contributed by atoms with Crippen LogP contribution in [0.2, 0.25) is 0 Å². The van der Waals surface area contributed by atoms with Crippen LogP contribution in [0.3, 0.4) is 0 Å². The molecular weight excluding hydrogens is 530 g/mol. The maximum Gasteiger partial charge on any atom is 0.264 e. The van der Waals surface area contributed by atoms with Crippen molar-refractivity contribution in [2.45, 2.75) is 22.8 Å². The van der Waals surface area contributed by atoms with E-state index in [1.807, 2.05) is 6.92 Å². The maximum absolute atomic E-state index is 13.4. The highest BCUT2D eigenvalue weighted by Gasteiger charge is 2.37. The number of anilines is 1. The van der Waals surface area contributed by atoms with Crippen LogP contribution in [0.4, 0.5) is 5.69 Å². The zero-order valence-corrected chi connectivity index (χ0v) is 22.8. The van der Waals surface area contributed by atoms with Crippen LogP contribution in [-0.2, 0) is 24.8 Å². The van der Waals surface area contributed by atoms with E-state index in [0.717, 1.165) is 9.87 Å². The second-order valence-corrected chi connectivity index (χ2v) is 12.8. The summed E-state index contributed by atoms with van der Waals surface area (Å²) in [5.74, 6) is 0.261. The third-order valence-corrected chi connectivity index (χ3v) is 9.50. The van der Waals surface area contributed by atoms with Crippen LogP contribution in [0.15, 0.2) is 82.6 Å². The average molecular weight is 560 g/mol. The zero-order valence-electron chi connectivity index (χ0n) is 21.2. The summed E-state index contributed by atoms with van der Waals surface area (Å²) in [6.45, 7) is 1.90. The number of carbonyl (C=O) groups excluding carboxylic acids is 1. The van der Waals surface area contributed by atoms with Gasteiger partial charge in [0.2, 0.25) is 10.0 Å². The van der Waals surface area contributed by atoms with Gasteiger partial charge in [-0.2, -0.15) is 0 Å². The van der Waals surface area contributed by atoms with Crippen molar-refractivity contribution in [2.75, 3.05) is 38.1 Å². The number of hydrogen-bond acceptors (Lipinski definition) is 7. The number of nitrogens with one attached hydrogen (secondary N) is 1. The molecule has 0 aromatic heterocycles. The molecule has 0 fully saturated rings. The van der Waals surface area contributed by atoms with E-state index in [0.29, 0.717) is 17.2 Å². The largest absolute Gasteiger partial charge is 0.492 e. The smallest absolute Gasteiger partial charge is 0.264 e. The Morgan fingerprint density at radius 3 is 2.34 bits per heavy atom. The molecule has 0 radical (unpaired) electrons. The Morgan fingerprint density at radius 2 is 1.68 bits per heavy atom. The van der Waals surface area contributed by atoms with Crippen molar-refractivity contribution >= 4 is 31.6 Å². The molecule has 1 atom stereocenters. The minimum absolute atomic E-state index is 0.111. The van der Waals surface area contributed by atoms with Gasteiger partial charge in [0, 0.05) is 14.1 Å². The molecule has 3 aromatic rings. The van der Waals surface area contributed by atoms with E-state index in [1.165, 1.54) is 54.8 Å². The predicted molar refractivity (Wildman–Crippen MR) is 142 cm³/mol. The molecule has 0 bridgehead atoms. The first-order valence-corrected chi connectivity index (χ1v) is 14.7. The summed E-state index contributed by atoms with van der Waals surface area (Å²) in [7, 11) is -4.57. The average Bonchev–Trinajstić information content (AvgIpc) is 2.90. The van der Waals surface area contributed by atoms with Gasteiger partial charge < -0.3 is 14.8 Å². The number of carbonyl (C=O) groups is 1. The first-order valence-electron chi connectivity index (χ1n) is 11.8. The molecule has 10 nitrogen and oxygen atoms in total. The molecule has 202 valence electrons. The fraction of sp³-hybridized carbons (Fsp3) is 0.269. The van der Waals surface area contributed by atoms with Gasteiger partial charge in [-0.15, -0.1) is 0 Å². The highest BCUT2D eigenvalue weighted by Crippen LogP contribution is 2.37. The van der Waals surface area contributed by atoms with Crippen LogP contribution < -0.4 is 19.1 Å². The number of benzene rings is 3. The Morgan fingerprint density at radius 1 is 1.00 bits per heavy atom. The van der Waals surface area contributed by atoms with Gasteiger partial charge in [0.25, 0.3) is 15.9 Å². The van der Waals surface area contributed by atoms with Crippen LogP contribution in [0.5, 0.6) is 11.5 Å². The number of amides is 1. The van der Waals surface area contributed by atoms with Gasteiger partial charge in [0.1, 0.15) is 18.1 Å². The summed E-state index contributed by atoms with van der Waals surface area (Å²) in [4.78, 5) is 13.2. The second-order valence-electron chi connectivity index (χ2n) is 8.83. The predicted octanol–water partition coefficient (Wildman–Crippen LogP) is 2.40. The second kappa shape index (κ2) is 11.0. The minimum Gasteiger partial charge on any atom is -0.492 e. The van der Waals surface area contributed by atoms with Crippen LogP contribution >= 0.6 is 0 Å². The van der Waals surface area contributed by atoms with E-state index in [1.54, 1.807) is 36.4 Å². The fourth-order valence-corrected chi connectivity index (χ4v) is 6.22. The van der Waals surface area contributed by atoms with Crippen LogP contribution in [0, 0.1) is 6.92 Å². The van der Waals surface area contributed by atoms with E-state index >= 15 is 0 Å². The summed E-state index contributed by atoms with van der Waals surface area (Å²) >= 11 is 0. The lowest BCUT2D eigenvalue weighted by Gasteiger charge is -2.35. The van der Waals surface area contributed by atoms with Crippen molar-refractivity contribution in [3.8, 4) is 11.5 Å². The number of nitrogens with zero attached hydrogens (tertiary/aromatic N) is 2. The fourth-order valence-electron chi connectivity index (χ4n) is 3.82. The molecule has 38 heavy (non-hydrogen) atoms. The first kappa shape index (κ1) is 27.4. The minimum atomic E-state index is -3.93. The molecule has 1 aliphatic heterocycles. The molecule has 1 N–H and O–H groups in total. The molecule has 1 heterocycles. The molecule has 1 amide bonds. The van der Waals surface area contributed by atoms with E-state index in [4.69, 9.17) is 9.47 Å². The number of fused-ring (bicyclic) bond motifs is 1. The number of sulfonamides is 2. The highest BCUT2D eigenvalue weighted by atomic mass is 32.2. The summed E-state index contributed by atoms with van der Waals surface area (Å²) in [6.07, 6.45) is -1.07. The molecule has 12 heteroatoms. The number of hydrogen-bond donors (Lipinski definition) is 1. The van der Waals surface area contributed by atoms with Crippen LogP contribution in [0.25, 0.3) is 0 Å².